The summed E-state index contributed by atoms with van der Waals surface area (Å²) in [6.07, 6.45) is 3.39. The quantitative estimate of drug-likeness (QED) is 0.152. The van der Waals surface area contributed by atoms with Crippen LogP contribution in [0.25, 0.3) is 0 Å². The molecule has 1 aliphatic rings. The largest absolute Gasteiger partial charge is 0.508 e. The second-order valence-corrected chi connectivity index (χ2v) is 8.92. The van der Waals surface area contributed by atoms with Crippen molar-refractivity contribution in [2.75, 3.05) is 6.54 Å². The molecule has 3 amide bonds. The van der Waals surface area contributed by atoms with Gasteiger partial charge in [0.2, 0.25) is 17.7 Å². The number of phenolic OH excluding ortho intramolecular Hbond substituents is 1. The van der Waals surface area contributed by atoms with Gasteiger partial charge in [-0.15, -0.1) is 0 Å². The molecule has 3 rings (SSSR count). The molecule has 4 unspecified atom stereocenters. The number of imidazole rings is 1. The molecule has 8 N–H and O–H groups in total. The molecular weight excluding hydrogens is 500 g/mol. The van der Waals surface area contributed by atoms with E-state index in [-0.39, 0.29) is 24.5 Å². The van der Waals surface area contributed by atoms with Gasteiger partial charge in [0.1, 0.15) is 23.9 Å². The standard InChI is InChI=1S/C24H30N6O8/c31-15-5-3-13(4-6-15)8-17(22(35)30-19(24(37)38)10-20(32)33)28-23(36)18(9-14-11-25-12-27-14)29-21(34)16-2-1-7-26-16/h3-6,11-12,16-19,26,31H,1-2,7-10H2,(H,25,27)(H,28,36)(H,29,34)(H,30,35)(H,32,33)(H,37,38). The molecule has 1 aliphatic heterocycles. The third-order valence-electron chi connectivity index (χ3n) is 5.99. The number of carboxylic acid groups (broad SMARTS) is 2. The summed E-state index contributed by atoms with van der Waals surface area (Å²) in [6.45, 7) is 0.672. The molecule has 0 aliphatic carbocycles. The average molecular weight is 531 g/mol. The van der Waals surface area contributed by atoms with Crippen LogP contribution in [0.3, 0.4) is 0 Å². The van der Waals surface area contributed by atoms with Crippen LogP contribution in [0, 0.1) is 0 Å². The zero-order valence-electron chi connectivity index (χ0n) is 20.3. The molecule has 1 saturated heterocycles. The molecule has 1 aromatic heterocycles. The molecule has 0 radical (unpaired) electrons. The van der Waals surface area contributed by atoms with Crippen molar-refractivity contribution in [3.63, 3.8) is 0 Å². The van der Waals surface area contributed by atoms with Crippen LogP contribution < -0.4 is 21.3 Å². The second kappa shape index (κ2) is 13.2. The normalized spacial score (nSPS) is 17.1. The number of aromatic nitrogens is 2. The lowest BCUT2D eigenvalue weighted by atomic mass is 10.0. The van der Waals surface area contributed by atoms with E-state index < -0.39 is 54.3 Å². The van der Waals surface area contributed by atoms with Crippen molar-refractivity contribution in [3.8, 4) is 5.75 Å². The number of H-pyrrole nitrogens is 1. The van der Waals surface area contributed by atoms with Gasteiger partial charge in [-0.05, 0) is 37.1 Å². The number of carbonyl (C=O) groups excluding carboxylic acids is 3. The highest BCUT2D eigenvalue weighted by molar-refractivity contribution is 5.95. The van der Waals surface area contributed by atoms with E-state index in [4.69, 9.17) is 5.11 Å². The highest BCUT2D eigenvalue weighted by Crippen LogP contribution is 2.13. The first kappa shape index (κ1) is 28.1. The summed E-state index contributed by atoms with van der Waals surface area (Å²) >= 11 is 0. The molecule has 14 heteroatoms. The average Bonchev–Trinajstić information content (AvgIpc) is 3.58. The number of rotatable bonds is 13. The van der Waals surface area contributed by atoms with Gasteiger partial charge in [-0.3, -0.25) is 19.2 Å². The molecule has 2 heterocycles. The zero-order valence-corrected chi connectivity index (χ0v) is 20.3. The molecule has 14 nitrogen and oxygen atoms in total. The van der Waals surface area contributed by atoms with E-state index in [1.165, 1.54) is 36.8 Å². The lowest BCUT2D eigenvalue weighted by molar-refractivity contribution is -0.147. The summed E-state index contributed by atoms with van der Waals surface area (Å²) in [7, 11) is 0. The lowest BCUT2D eigenvalue weighted by Crippen LogP contribution is -2.58. The number of phenols is 1. The van der Waals surface area contributed by atoms with Crippen molar-refractivity contribution in [1.82, 2.24) is 31.2 Å². The number of carbonyl (C=O) groups is 5. The summed E-state index contributed by atoms with van der Waals surface area (Å²) in [5.74, 6) is -5.02. The van der Waals surface area contributed by atoms with Crippen molar-refractivity contribution < 1.29 is 39.3 Å². The first-order valence-electron chi connectivity index (χ1n) is 12.0. The van der Waals surface area contributed by atoms with Gasteiger partial charge in [-0.25, -0.2) is 9.78 Å². The van der Waals surface area contributed by atoms with Crippen LogP contribution in [-0.4, -0.2) is 85.7 Å². The Labute approximate surface area is 217 Å². The van der Waals surface area contributed by atoms with Crippen molar-refractivity contribution in [3.05, 3.63) is 48.0 Å². The topological polar surface area (TPSA) is 223 Å². The molecule has 4 atom stereocenters. The fraction of sp³-hybridized carbons (Fsp3) is 0.417. The number of amides is 3. The Morgan fingerprint density at radius 2 is 1.61 bits per heavy atom. The van der Waals surface area contributed by atoms with Gasteiger partial charge in [0.15, 0.2) is 0 Å². The second-order valence-electron chi connectivity index (χ2n) is 8.92. The van der Waals surface area contributed by atoms with E-state index in [0.717, 1.165) is 6.42 Å². The van der Waals surface area contributed by atoms with Crippen molar-refractivity contribution in [2.24, 2.45) is 0 Å². The Kier molecular flexibility index (Phi) is 9.76. The van der Waals surface area contributed by atoms with Crippen LogP contribution in [0.2, 0.25) is 0 Å². The van der Waals surface area contributed by atoms with Crippen molar-refractivity contribution in [2.45, 2.75) is 56.3 Å². The molecule has 1 fully saturated rings. The summed E-state index contributed by atoms with van der Waals surface area (Å²) in [5.41, 5.74) is 1.08. The molecular formula is C24H30N6O8. The van der Waals surface area contributed by atoms with Gasteiger partial charge < -0.3 is 41.6 Å². The summed E-state index contributed by atoms with van der Waals surface area (Å²) in [4.78, 5) is 68.5. The van der Waals surface area contributed by atoms with Crippen LogP contribution >= 0.6 is 0 Å². The molecule has 0 saturated carbocycles. The Morgan fingerprint density at radius 3 is 2.16 bits per heavy atom. The minimum atomic E-state index is -1.73. The van der Waals surface area contributed by atoms with Crippen LogP contribution in [0.1, 0.15) is 30.5 Å². The Morgan fingerprint density at radius 1 is 0.947 bits per heavy atom. The van der Waals surface area contributed by atoms with Crippen LogP contribution in [-0.2, 0) is 36.8 Å². The smallest absolute Gasteiger partial charge is 0.326 e. The number of hydrogen-bond acceptors (Lipinski definition) is 8. The van der Waals surface area contributed by atoms with E-state index in [0.29, 0.717) is 24.2 Å². The van der Waals surface area contributed by atoms with E-state index in [9.17, 15) is 34.2 Å². The maximum atomic E-state index is 13.4. The first-order valence-corrected chi connectivity index (χ1v) is 12.0. The number of nitrogens with zero attached hydrogens (tertiary/aromatic N) is 1. The van der Waals surface area contributed by atoms with Crippen LogP contribution in [0.5, 0.6) is 5.75 Å². The molecule has 1 aromatic carbocycles. The van der Waals surface area contributed by atoms with Crippen molar-refractivity contribution in [1.29, 1.82) is 0 Å². The lowest BCUT2D eigenvalue weighted by Gasteiger charge is -2.25. The van der Waals surface area contributed by atoms with E-state index >= 15 is 0 Å². The number of carboxylic acids is 2. The predicted octanol–water partition coefficient (Wildman–Crippen LogP) is -1.33. The minimum Gasteiger partial charge on any atom is -0.508 e. The van der Waals surface area contributed by atoms with Crippen molar-refractivity contribution >= 4 is 29.7 Å². The van der Waals surface area contributed by atoms with Gasteiger partial charge in [0.25, 0.3) is 0 Å². The van der Waals surface area contributed by atoms with Gasteiger partial charge in [-0.1, -0.05) is 12.1 Å². The highest BCUT2D eigenvalue weighted by Gasteiger charge is 2.32. The third-order valence-corrected chi connectivity index (χ3v) is 5.99. The number of nitrogens with one attached hydrogen (secondary N) is 5. The zero-order chi connectivity index (χ0) is 27.7. The van der Waals surface area contributed by atoms with Gasteiger partial charge >= 0.3 is 11.9 Å². The molecule has 38 heavy (non-hydrogen) atoms. The van der Waals surface area contributed by atoms with E-state index in [1.54, 1.807) is 0 Å². The number of benzene rings is 1. The van der Waals surface area contributed by atoms with Gasteiger partial charge in [-0.2, -0.15) is 0 Å². The van der Waals surface area contributed by atoms with Crippen LogP contribution in [0.4, 0.5) is 0 Å². The predicted molar refractivity (Wildman–Crippen MR) is 131 cm³/mol. The molecule has 0 bridgehead atoms. The Hall–Kier alpha value is -4.46. The first-order chi connectivity index (χ1) is 18.1. The number of aromatic amines is 1. The monoisotopic (exact) mass is 530 g/mol. The van der Waals surface area contributed by atoms with Gasteiger partial charge in [0.05, 0.1) is 18.8 Å². The van der Waals surface area contributed by atoms with Crippen LogP contribution in [0.15, 0.2) is 36.8 Å². The summed E-state index contributed by atoms with van der Waals surface area (Å²) in [6, 6.07) is 1.18. The Balaban J connectivity index is 1.81. The summed E-state index contributed by atoms with van der Waals surface area (Å²) in [5, 5.41) is 38.4. The Bertz CT molecular complexity index is 1130. The molecule has 2 aromatic rings. The fourth-order valence-corrected chi connectivity index (χ4v) is 4.00. The molecule has 204 valence electrons. The highest BCUT2D eigenvalue weighted by atomic mass is 16.4. The summed E-state index contributed by atoms with van der Waals surface area (Å²) < 4.78 is 0. The maximum absolute atomic E-state index is 13.4. The van der Waals surface area contributed by atoms with E-state index in [1.807, 2.05) is 0 Å². The number of hydrogen-bond donors (Lipinski definition) is 8. The maximum Gasteiger partial charge on any atom is 0.326 e. The number of aliphatic carboxylic acids is 2. The SMILES string of the molecule is O=C(O)CC(NC(=O)C(Cc1ccc(O)cc1)NC(=O)C(Cc1cnc[nH]1)NC(=O)C1CCCN1)C(=O)O. The fourth-order valence-electron chi connectivity index (χ4n) is 4.00. The third kappa shape index (κ3) is 8.30. The number of aromatic hydroxyl groups is 1. The van der Waals surface area contributed by atoms with Gasteiger partial charge in [0, 0.05) is 24.7 Å². The minimum absolute atomic E-state index is 0.0194. The molecule has 0 spiro atoms. The van der Waals surface area contributed by atoms with E-state index in [2.05, 4.69) is 31.2 Å².